The van der Waals surface area contributed by atoms with Crippen LogP contribution in [0.3, 0.4) is 0 Å². The molecule has 6 nitrogen and oxygen atoms in total. The van der Waals surface area contributed by atoms with Crippen LogP contribution in [-0.4, -0.2) is 83.9 Å². The minimum absolute atomic E-state index is 0.148. The van der Waals surface area contributed by atoms with Crippen LogP contribution in [-0.2, 0) is 4.74 Å². The van der Waals surface area contributed by atoms with Crippen LogP contribution in [0.1, 0.15) is 39.5 Å². The molecule has 2 fully saturated rings. The third-order valence-electron chi connectivity index (χ3n) is 7.00. The SMILES string of the molecule is COC1CCC(F)CC1C(C)(C)CC(O)(CN1CCN(c2ncccn2)CC1)C(F)(F)F. The maximum Gasteiger partial charge on any atom is 0.418 e. The lowest BCUT2D eigenvalue weighted by atomic mass is 9.64. The van der Waals surface area contributed by atoms with Crippen molar-refractivity contribution in [3.63, 3.8) is 0 Å². The first-order valence-electron chi connectivity index (χ1n) is 11.2. The number of β-amino-alcohol motifs (C(OH)–C–C–N with tert-alkyl or cyclic N) is 1. The maximum absolute atomic E-state index is 14.1. The molecule has 1 aliphatic carbocycles. The minimum atomic E-state index is -4.81. The van der Waals surface area contributed by atoms with Crippen LogP contribution < -0.4 is 4.90 Å². The molecule has 10 heteroatoms. The van der Waals surface area contributed by atoms with Crippen LogP contribution in [0.5, 0.6) is 0 Å². The number of aliphatic hydroxyl groups is 1. The molecule has 1 aromatic heterocycles. The second-order valence-corrected chi connectivity index (χ2v) is 9.80. The molecular formula is C22H34F4N4O2. The third-order valence-corrected chi connectivity index (χ3v) is 7.00. The van der Waals surface area contributed by atoms with Crippen LogP contribution in [0.25, 0.3) is 0 Å². The highest BCUT2D eigenvalue weighted by Crippen LogP contribution is 2.48. The van der Waals surface area contributed by atoms with Crippen molar-refractivity contribution in [3.05, 3.63) is 18.5 Å². The molecule has 0 bridgehead atoms. The van der Waals surface area contributed by atoms with Gasteiger partial charge in [-0.05, 0) is 43.1 Å². The molecule has 3 rings (SSSR count). The lowest BCUT2D eigenvalue weighted by molar-refractivity contribution is -0.278. The molecule has 2 heterocycles. The monoisotopic (exact) mass is 462 g/mol. The van der Waals surface area contributed by atoms with E-state index in [0.29, 0.717) is 45.0 Å². The van der Waals surface area contributed by atoms with Crippen molar-refractivity contribution in [2.75, 3.05) is 44.7 Å². The molecule has 2 aliphatic rings. The lowest BCUT2D eigenvalue weighted by Crippen LogP contribution is -2.60. The number of halogens is 4. The number of rotatable bonds is 7. The number of ether oxygens (including phenoxy) is 1. The Balaban J connectivity index is 1.70. The zero-order valence-electron chi connectivity index (χ0n) is 19.0. The van der Waals surface area contributed by atoms with E-state index in [9.17, 15) is 22.7 Å². The fourth-order valence-electron chi connectivity index (χ4n) is 5.26. The molecule has 1 aromatic rings. The summed E-state index contributed by atoms with van der Waals surface area (Å²) >= 11 is 0. The Bertz CT molecular complexity index is 728. The van der Waals surface area contributed by atoms with Crippen molar-refractivity contribution in [1.29, 1.82) is 0 Å². The number of aromatic nitrogens is 2. The van der Waals surface area contributed by atoms with E-state index >= 15 is 0 Å². The number of hydrogen-bond donors (Lipinski definition) is 1. The summed E-state index contributed by atoms with van der Waals surface area (Å²) in [7, 11) is 1.51. The summed E-state index contributed by atoms with van der Waals surface area (Å²) in [5.74, 6) is 0.139. The third kappa shape index (κ3) is 5.69. The van der Waals surface area contributed by atoms with E-state index in [1.807, 2.05) is 4.90 Å². The highest BCUT2D eigenvalue weighted by Gasteiger charge is 2.58. The lowest BCUT2D eigenvalue weighted by Gasteiger charge is -2.48. The normalized spacial score (nSPS) is 27.9. The molecule has 0 spiro atoms. The summed E-state index contributed by atoms with van der Waals surface area (Å²) < 4.78 is 62.0. The van der Waals surface area contributed by atoms with Gasteiger partial charge in [0.1, 0.15) is 6.17 Å². The predicted octanol–water partition coefficient (Wildman–Crippen LogP) is 3.46. The topological polar surface area (TPSA) is 61.7 Å². The standard InChI is InChI=1S/C22H34F4N4O2/c1-20(2,17-13-16(23)5-6-18(17)32-3)14-21(31,22(24,25)26)15-29-9-11-30(12-10-29)19-27-7-4-8-28-19/h4,7-8,16-18,31H,5-6,9-15H2,1-3H3. The summed E-state index contributed by atoms with van der Waals surface area (Å²) in [6, 6.07) is 1.70. The van der Waals surface area contributed by atoms with E-state index in [-0.39, 0.29) is 12.5 Å². The Morgan fingerprint density at radius 2 is 1.72 bits per heavy atom. The van der Waals surface area contributed by atoms with Gasteiger partial charge in [-0.25, -0.2) is 14.4 Å². The van der Waals surface area contributed by atoms with Crippen molar-refractivity contribution in [3.8, 4) is 0 Å². The average molecular weight is 463 g/mol. The van der Waals surface area contributed by atoms with Gasteiger partial charge >= 0.3 is 6.18 Å². The molecule has 1 aliphatic heterocycles. The molecule has 32 heavy (non-hydrogen) atoms. The van der Waals surface area contributed by atoms with Crippen LogP contribution in [0.4, 0.5) is 23.5 Å². The minimum Gasteiger partial charge on any atom is -0.381 e. The van der Waals surface area contributed by atoms with E-state index in [1.54, 1.807) is 37.2 Å². The van der Waals surface area contributed by atoms with Gasteiger partial charge in [0.05, 0.1) is 6.10 Å². The largest absolute Gasteiger partial charge is 0.418 e. The molecule has 1 N–H and O–H groups in total. The van der Waals surface area contributed by atoms with Gasteiger partial charge in [0.25, 0.3) is 0 Å². The fraction of sp³-hybridized carbons (Fsp3) is 0.818. The molecule has 4 unspecified atom stereocenters. The number of nitrogens with zero attached hydrogens (tertiary/aromatic N) is 4. The van der Waals surface area contributed by atoms with Gasteiger partial charge in [0, 0.05) is 52.2 Å². The van der Waals surface area contributed by atoms with Gasteiger partial charge in [-0.2, -0.15) is 13.2 Å². The predicted molar refractivity (Wildman–Crippen MR) is 113 cm³/mol. The van der Waals surface area contributed by atoms with E-state index in [0.717, 1.165) is 0 Å². The Labute approximate surface area is 187 Å². The van der Waals surface area contributed by atoms with E-state index in [1.165, 1.54) is 7.11 Å². The van der Waals surface area contributed by atoms with Gasteiger partial charge in [0.15, 0.2) is 5.60 Å². The molecule has 0 radical (unpaired) electrons. The summed E-state index contributed by atoms with van der Waals surface area (Å²) in [5, 5.41) is 10.9. The Morgan fingerprint density at radius 3 is 2.28 bits per heavy atom. The number of piperazine rings is 1. The first-order valence-corrected chi connectivity index (χ1v) is 11.2. The van der Waals surface area contributed by atoms with Crippen molar-refractivity contribution >= 4 is 5.95 Å². The maximum atomic E-state index is 14.1. The van der Waals surface area contributed by atoms with Crippen molar-refractivity contribution in [1.82, 2.24) is 14.9 Å². The summed E-state index contributed by atoms with van der Waals surface area (Å²) in [6.45, 7) is 4.50. The molecular weight excluding hydrogens is 428 g/mol. The van der Waals surface area contributed by atoms with Gasteiger partial charge in [-0.1, -0.05) is 13.8 Å². The first kappa shape index (κ1) is 25.1. The van der Waals surface area contributed by atoms with E-state index in [2.05, 4.69) is 9.97 Å². The zero-order chi connectivity index (χ0) is 23.6. The highest BCUT2D eigenvalue weighted by atomic mass is 19.4. The Kier molecular flexibility index (Phi) is 7.66. The second-order valence-electron chi connectivity index (χ2n) is 9.80. The first-order chi connectivity index (χ1) is 14.9. The fourth-order valence-corrected chi connectivity index (χ4v) is 5.26. The molecule has 4 atom stereocenters. The quantitative estimate of drug-likeness (QED) is 0.627. The van der Waals surface area contributed by atoms with Crippen LogP contribution >= 0.6 is 0 Å². The number of anilines is 1. The van der Waals surface area contributed by atoms with Gasteiger partial charge < -0.3 is 14.7 Å². The van der Waals surface area contributed by atoms with Crippen molar-refractivity contribution in [2.24, 2.45) is 11.3 Å². The highest BCUT2D eigenvalue weighted by molar-refractivity contribution is 5.29. The summed E-state index contributed by atoms with van der Waals surface area (Å²) in [6.07, 6.45) is -2.47. The van der Waals surface area contributed by atoms with E-state index in [4.69, 9.17) is 4.74 Å². The second kappa shape index (κ2) is 9.77. The molecule has 1 saturated carbocycles. The molecule has 182 valence electrons. The van der Waals surface area contributed by atoms with Gasteiger partial charge in [-0.3, -0.25) is 4.90 Å². The van der Waals surface area contributed by atoms with Crippen LogP contribution in [0.15, 0.2) is 18.5 Å². The van der Waals surface area contributed by atoms with Gasteiger partial charge in [0.2, 0.25) is 5.95 Å². The molecule has 0 aromatic carbocycles. The Morgan fingerprint density at radius 1 is 1.09 bits per heavy atom. The smallest absolute Gasteiger partial charge is 0.381 e. The van der Waals surface area contributed by atoms with Crippen molar-refractivity contribution < 1.29 is 27.4 Å². The van der Waals surface area contributed by atoms with E-state index < -0.39 is 42.2 Å². The average Bonchev–Trinajstić information content (AvgIpc) is 2.73. The molecule has 0 amide bonds. The number of hydrogen-bond acceptors (Lipinski definition) is 6. The summed E-state index contributed by atoms with van der Waals surface area (Å²) in [4.78, 5) is 11.9. The van der Waals surface area contributed by atoms with Crippen LogP contribution in [0.2, 0.25) is 0 Å². The number of methoxy groups -OCH3 is 1. The van der Waals surface area contributed by atoms with Crippen LogP contribution in [0, 0.1) is 11.3 Å². The zero-order valence-corrected chi connectivity index (χ0v) is 19.0. The summed E-state index contributed by atoms with van der Waals surface area (Å²) in [5.41, 5.74) is -3.86. The molecule has 1 saturated heterocycles. The van der Waals surface area contributed by atoms with Crippen molar-refractivity contribution in [2.45, 2.75) is 63.6 Å². The Hall–Kier alpha value is -1.52. The van der Waals surface area contributed by atoms with Gasteiger partial charge in [-0.15, -0.1) is 0 Å². The number of alkyl halides is 4.